The highest BCUT2D eigenvalue weighted by Gasteiger charge is 2.09. The molecule has 3 aromatic rings. The Morgan fingerprint density at radius 2 is 2.00 bits per heavy atom. The molecule has 0 spiro atoms. The van der Waals surface area contributed by atoms with Gasteiger partial charge in [0.2, 0.25) is 4.96 Å². The fourth-order valence-electron chi connectivity index (χ4n) is 2.27. The van der Waals surface area contributed by atoms with Crippen LogP contribution in [0, 0.1) is 0 Å². The van der Waals surface area contributed by atoms with Crippen molar-refractivity contribution >= 4 is 16.3 Å². The van der Waals surface area contributed by atoms with Crippen LogP contribution in [0.2, 0.25) is 0 Å². The second kappa shape index (κ2) is 5.95. The standard InChI is InChI=1S/C16H20N4S/c1-11(2)12-5-7-13(8-6-12)14-10-20-16(18-14)21-15(19-20)4-3-9-17/h5-8,10-11H,3-4,9,17H2,1-2H3. The number of rotatable bonds is 5. The fraction of sp³-hybridized carbons (Fsp3) is 0.375. The molecular weight excluding hydrogens is 280 g/mol. The van der Waals surface area contributed by atoms with E-state index in [4.69, 9.17) is 5.73 Å². The molecule has 0 fully saturated rings. The molecule has 3 rings (SSSR count). The number of fused-ring (bicyclic) bond motifs is 1. The van der Waals surface area contributed by atoms with Crippen LogP contribution >= 0.6 is 11.3 Å². The molecule has 21 heavy (non-hydrogen) atoms. The van der Waals surface area contributed by atoms with Crippen LogP contribution < -0.4 is 5.73 Å². The highest BCUT2D eigenvalue weighted by molar-refractivity contribution is 7.16. The third-order valence-corrected chi connectivity index (χ3v) is 4.54. The van der Waals surface area contributed by atoms with Crippen LogP contribution in [0.3, 0.4) is 0 Å². The van der Waals surface area contributed by atoms with Crippen molar-refractivity contribution in [3.05, 3.63) is 41.0 Å². The largest absolute Gasteiger partial charge is 0.330 e. The van der Waals surface area contributed by atoms with Gasteiger partial charge in [-0.25, -0.2) is 9.50 Å². The summed E-state index contributed by atoms with van der Waals surface area (Å²) in [7, 11) is 0. The molecule has 0 bridgehead atoms. The van der Waals surface area contributed by atoms with Gasteiger partial charge in [0.1, 0.15) is 5.01 Å². The maximum Gasteiger partial charge on any atom is 0.212 e. The summed E-state index contributed by atoms with van der Waals surface area (Å²) in [5.41, 5.74) is 9.00. The molecular formula is C16H20N4S. The van der Waals surface area contributed by atoms with Crippen molar-refractivity contribution in [2.24, 2.45) is 5.73 Å². The molecule has 0 aliphatic rings. The number of imidazole rings is 1. The van der Waals surface area contributed by atoms with E-state index < -0.39 is 0 Å². The normalized spacial score (nSPS) is 11.6. The summed E-state index contributed by atoms with van der Waals surface area (Å²) in [6.07, 6.45) is 3.91. The Labute approximate surface area is 128 Å². The van der Waals surface area contributed by atoms with Crippen LogP contribution in [-0.2, 0) is 6.42 Å². The van der Waals surface area contributed by atoms with Gasteiger partial charge in [0.15, 0.2) is 0 Å². The van der Waals surface area contributed by atoms with Crippen LogP contribution in [-0.4, -0.2) is 21.1 Å². The van der Waals surface area contributed by atoms with E-state index in [2.05, 4.69) is 48.2 Å². The first-order valence-corrected chi connectivity index (χ1v) is 8.14. The van der Waals surface area contributed by atoms with Gasteiger partial charge >= 0.3 is 0 Å². The summed E-state index contributed by atoms with van der Waals surface area (Å²) in [6, 6.07) is 8.62. The predicted molar refractivity (Wildman–Crippen MR) is 87.8 cm³/mol. The molecule has 0 aliphatic heterocycles. The molecule has 0 saturated heterocycles. The second-order valence-corrected chi connectivity index (χ2v) is 6.56. The Hall–Kier alpha value is -1.72. The van der Waals surface area contributed by atoms with Gasteiger partial charge in [-0.3, -0.25) is 0 Å². The molecule has 0 amide bonds. The molecule has 2 N–H and O–H groups in total. The molecule has 0 radical (unpaired) electrons. The Morgan fingerprint density at radius 3 is 2.62 bits per heavy atom. The van der Waals surface area contributed by atoms with E-state index in [-0.39, 0.29) is 0 Å². The van der Waals surface area contributed by atoms with E-state index in [0.29, 0.717) is 12.5 Å². The van der Waals surface area contributed by atoms with Crippen LogP contribution in [0.4, 0.5) is 0 Å². The van der Waals surface area contributed by atoms with Crippen LogP contribution in [0.15, 0.2) is 30.5 Å². The summed E-state index contributed by atoms with van der Waals surface area (Å²) >= 11 is 1.65. The van der Waals surface area contributed by atoms with Gasteiger partial charge in [-0.2, -0.15) is 5.10 Å². The molecule has 0 unspecified atom stereocenters. The van der Waals surface area contributed by atoms with Crippen molar-refractivity contribution in [2.45, 2.75) is 32.6 Å². The maximum absolute atomic E-state index is 5.53. The van der Waals surface area contributed by atoms with E-state index in [1.54, 1.807) is 11.3 Å². The lowest BCUT2D eigenvalue weighted by Crippen LogP contribution is -2.00. The van der Waals surface area contributed by atoms with Crippen molar-refractivity contribution in [1.82, 2.24) is 14.6 Å². The second-order valence-electron chi connectivity index (χ2n) is 5.52. The highest BCUT2D eigenvalue weighted by Crippen LogP contribution is 2.24. The first kappa shape index (κ1) is 14.2. The topological polar surface area (TPSA) is 56.2 Å². The minimum atomic E-state index is 0.552. The first-order valence-electron chi connectivity index (χ1n) is 7.33. The lowest BCUT2D eigenvalue weighted by Gasteiger charge is -2.05. The number of hydrogen-bond donors (Lipinski definition) is 1. The summed E-state index contributed by atoms with van der Waals surface area (Å²) in [5, 5.41) is 5.66. The van der Waals surface area contributed by atoms with Gasteiger partial charge in [-0.15, -0.1) is 0 Å². The lowest BCUT2D eigenvalue weighted by molar-refractivity contribution is 0.799. The van der Waals surface area contributed by atoms with Crippen molar-refractivity contribution in [3.8, 4) is 11.3 Å². The number of nitrogens with two attached hydrogens (primary N) is 1. The quantitative estimate of drug-likeness (QED) is 0.785. The molecule has 1 aromatic carbocycles. The SMILES string of the molecule is CC(C)c1ccc(-c2cn3nc(CCCN)sc3n2)cc1. The van der Waals surface area contributed by atoms with Gasteiger partial charge in [-0.05, 0) is 24.4 Å². The Kier molecular flexibility index (Phi) is 4.03. The minimum absolute atomic E-state index is 0.552. The molecule has 4 nitrogen and oxygen atoms in total. The lowest BCUT2D eigenvalue weighted by atomic mass is 10.0. The van der Waals surface area contributed by atoms with Gasteiger partial charge in [-0.1, -0.05) is 49.4 Å². The Morgan fingerprint density at radius 1 is 1.24 bits per heavy atom. The summed E-state index contributed by atoms with van der Waals surface area (Å²) in [4.78, 5) is 5.62. The molecule has 0 aliphatic carbocycles. The van der Waals surface area contributed by atoms with E-state index in [9.17, 15) is 0 Å². The van der Waals surface area contributed by atoms with Crippen molar-refractivity contribution in [2.75, 3.05) is 6.54 Å². The van der Waals surface area contributed by atoms with Gasteiger partial charge in [0.25, 0.3) is 0 Å². The predicted octanol–water partition coefficient (Wildman–Crippen LogP) is 3.47. The third-order valence-electron chi connectivity index (χ3n) is 3.55. The smallest absolute Gasteiger partial charge is 0.212 e. The van der Waals surface area contributed by atoms with Gasteiger partial charge < -0.3 is 5.73 Å². The molecule has 2 aromatic heterocycles. The summed E-state index contributed by atoms with van der Waals surface area (Å²) in [6.45, 7) is 5.11. The Bertz CT molecular complexity index is 693. The van der Waals surface area contributed by atoms with Crippen LogP contribution in [0.1, 0.15) is 36.8 Å². The van der Waals surface area contributed by atoms with Crippen LogP contribution in [0.25, 0.3) is 16.2 Å². The third kappa shape index (κ3) is 2.99. The number of aromatic nitrogens is 3. The van der Waals surface area contributed by atoms with E-state index >= 15 is 0 Å². The van der Waals surface area contributed by atoms with Crippen molar-refractivity contribution < 1.29 is 0 Å². The first-order chi connectivity index (χ1) is 10.2. The monoisotopic (exact) mass is 300 g/mol. The number of nitrogens with zero attached hydrogens (tertiary/aromatic N) is 3. The Balaban J connectivity index is 1.85. The summed E-state index contributed by atoms with van der Waals surface area (Å²) < 4.78 is 1.88. The van der Waals surface area contributed by atoms with E-state index in [1.165, 1.54) is 5.56 Å². The van der Waals surface area contributed by atoms with Crippen LogP contribution in [0.5, 0.6) is 0 Å². The molecule has 2 heterocycles. The molecule has 0 atom stereocenters. The van der Waals surface area contributed by atoms with Gasteiger partial charge in [0, 0.05) is 12.0 Å². The van der Waals surface area contributed by atoms with Crippen molar-refractivity contribution in [1.29, 1.82) is 0 Å². The molecule has 0 saturated carbocycles. The fourth-order valence-corrected chi connectivity index (χ4v) is 3.19. The van der Waals surface area contributed by atoms with E-state index in [0.717, 1.165) is 34.1 Å². The average molecular weight is 300 g/mol. The number of hydrogen-bond acceptors (Lipinski definition) is 4. The number of aryl methyl sites for hydroxylation is 1. The minimum Gasteiger partial charge on any atom is -0.330 e. The zero-order valence-corrected chi connectivity index (χ0v) is 13.2. The zero-order chi connectivity index (χ0) is 14.8. The van der Waals surface area contributed by atoms with Crippen molar-refractivity contribution in [3.63, 3.8) is 0 Å². The molecule has 5 heteroatoms. The maximum atomic E-state index is 5.53. The average Bonchev–Trinajstić information content (AvgIpc) is 3.03. The molecule has 110 valence electrons. The highest BCUT2D eigenvalue weighted by atomic mass is 32.1. The number of benzene rings is 1. The summed E-state index contributed by atoms with van der Waals surface area (Å²) in [5.74, 6) is 0.552. The van der Waals surface area contributed by atoms with E-state index in [1.807, 2.05) is 10.7 Å². The zero-order valence-electron chi connectivity index (χ0n) is 12.4. The van der Waals surface area contributed by atoms with Gasteiger partial charge in [0.05, 0.1) is 11.9 Å².